The Kier molecular flexibility index (Phi) is 3.89. The van der Waals surface area contributed by atoms with Crippen LogP contribution in [-0.4, -0.2) is 41.2 Å². The van der Waals surface area contributed by atoms with Crippen molar-refractivity contribution in [1.82, 2.24) is 9.88 Å². The number of nitrogens with zero attached hydrogens (tertiary/aromatic N) is 3. The average molecular weight is 360 g/mol. The molecule has 1 aliphatic carbocycles. The van der Waals surface area contributed by atoms with Gasteiger partial charge < -0.3 is 15.0 Å². The smallest absolute Gasteiger partial charge is 0.191 e. The summed E-state index contributed by atoms with van der Waals surface area (Å²) in [5.74, 6) is 3.03. The Labute approximate surface area is 157 Å². The van der Waals surface area contributed by atoms with Gasteiger partial charge in [-0.1, -0.05) is 6.07 Å². The fourth-order valence-electron chi connectivity index (χ4n) is 3.40. The van der Waals surface area contributed by atoms with Crippen LogP contribution in [0.25, 0.3) is 0 Å². The zero-order valence-corrected chi connectivity index (χ0v) is 14.9. The Morgan fingerprint density at radius 2 is 2.22 bits per heavy atom. The molecule has 1 aromatic carbocycles. The lowest BCUT2D eigenvalue weighted by Gasteiger charge is -2.32. The highest BCUT2D eigenvalue weighted by Crippen LogP contribution is 2.38. The number of nitrogens with one attached hydrogen (secondary N) is 1. The van der Waals surface area contributed by atoms with Gasteiger partial charge in [-0.2, -0.15) is 0 Å². The molecule has 6 heteroatoms. The first-order valence-electron chi connectivity index (χ1n) is 9.31. The Morgan fingerprint density at radius 1 is 1.30 bits per heavy atom. The fourth-order valence-corrected chi connectivity index (χ4v) is 3.40. The van der Waals surface area contributed by atoms with E-state index in [-0.39, 0.29) is 5.78 Å². The van der Waals surface area contributed by atoms with E-state index in [1.165, 1.54) is 12.8 Å². The van der Waals surface area contributed by atoms with E-state index in [1.807, 2.05) is 18.2 Å². The van der Waals surface area contributed by atoms with Gasteiger partial charge in [0, 0.05) is 36.1 Å². The normalized spacial score (nSPS) is 19.2. The fraction of sp³-hybridized carbons (Fsp3) is 0.286. The number of rotatable bonds is 5. The van der Waals surface area contributed by atoms with Crippen LogP contribution in [-0.2, 0) is 0 Å². The van der Waals surface area contributed by atoms with Gasteiger partial charge in [-0.15, -0.1) is 0 Å². The quantitative estimate of drug-likeness (QED) is 0.656. The van der Waals surface area contributed by atoms with Crippen LogP contribution in [0.2, 0.25) is 0 Å². The van der Waals surface area contributed by atoms with Crippen molar-refractivity contribution in [3.8, 4) is 5.75 Å². The van der Waals surface area contributed by atoms with Crippen molar-refractivity contribution in [2.45, 2.75) is 12.8 Å². The number of para-hydroxylation sites is 1. The van der Waals surface area contributed by atoms with E-state index in [1.54, 1.807) is 30.6 Å². The number of benzene rings is 1. The molecule has 2 aliphatic heterocycles. The molecule has 3 heterocycles. The van der Waals surface area contributed by atoms with E-state index in [2.05, 4.69) is 20.2 Å². The molecule has 3 aliphatic rings. The lowest BCUT2D eigenvalue weighted by atomic mass is 10.1. The molecule has 0 unspecified atom stereocenters. The first-order chi connectivity index (χ1) is 13.3. The van der Waals surface area contributed by atoms with Crippen molar-refractivity contribution in [3.05, 3.63) is 65.7 Å². The number of carbonyl (C=O) groups is 1. The summed E-state index contributed by atoms with van der Waals surface area (Å²) in [6.45, 7) is 2.20. The standard InChI is InChI=1S/C21H20N4O2/c26-17(15-3-2-8-22-12-15)11-19-24-20-16(21-23-9-10-25(19)21)4-1-5-18(20)27-13-14-6-7-14/h1-5,8,11-12,14,24H,6-7,9-10,13H2. The van der Waals surface area contributed by atoms with Gasteiger partial charge in [0.15, 0.2) is 5.78 Å². The molecule has 1 saturated carbocycles. The van der Waals surface area contributed by atoms with Crippen molar-refractivity contribution in [1.29, 1.82) is 0 Å². The number of ketones is 1. The monoisotopic (exact) mass is 360 g/mol. The van der Waals surface area contributed by atoms with Crippen LogP contribution in [0.5, 0.6) is 5.75 Å². The summed E-state index contributed by atoms with van der Waals surface area (Å²) in [5, 5.41) is 3.42. The number of anilines is 1. The predicted molar refractivity (Wildman–Crippen MR) is 103 cm³/mol. The molecule has 0 spiro atoms. The minimum Gasteiger partial charge on any atom is -0.491 e. The summed E-state index contributed by atoms with van der Waals surface area (Å²) >= 11 is 0. The Balaban J connectivity index is 1.50. The molecule has 136 valence electrons. The van der Waals surface area contributed by atoms with E-state index in [4.69, 9.17) is 4.74 Å². The summed E-state index contributed by atoms with van der Waals surface area (Å²) in [7, 11) is 0. The predicted octanol–water partition coefficient (Wildman–Crippen LogP) is 3.08. The molecule has 5 rings (SSSR count). The van der Waals surface area contributed by atoms with Gasteiger partial charge in [0.25, 0.3) is 0 Å². The number of aromatic nitrogens is 1. The van der Waals surface area contributed by atoms with Gasteiger partial charge in [-0.25, -0.2) is 0 Å². The van der Waals surface area contributed by atoms with Crippen LogP contribution in [0.3, 0.4) is 0 Å². The number of fused-ring (bicyclic) bond motifs is 3. The van der Waals surface area contributed by atoms with Gasteiger partial charge in [-0.3, -0.25) is 14.8 Å². The van der Waals surface area contributed by atoms with Crippen molar-refractivity contribution >= 4 is 17.3 Å². The molecule has 27 heavy (non-hydrogen) atoms. The number of pyridine rings is 1. The average Bonchev–Trinajstić information content (AvgIpc) is 3.40. The van der Waals surface area contributed by atoms with Gasteiger partial charge in [0.2, 0.25) is 0 Å². The molecule has 6 nitrogen and oxygen atoms in total. The van der Waals surface area contributed by atoms with Crippen molar-refractivity contribution in [3.63, 3.8) is 0 Å². The van der Waals surface area contributed by atoms with Crippen LogP contribution in [0, 0.1) is 5.92 Å². The van der Waals surface area contributed by atoms with Crippen LogP contribution >= 0.6 is 0 Å². The maximum atomic E-state index is 12.7. The largest absolute Gasteiger partial charge is 0.491 e. The SMILES string of the molecule is O=C(C=C1Nc2c(OCC3CC3)cccc2C2=NCCN12)c1cccnc1. The van der Waals surface area contributed by atoms with Gasteiger partial charge in [0.1, 0.15) is 17.4 Å². The zero-order chi connectivity index (χ0) is 18.2. The van der Waals surface area contributed by atoms with Gasteiger partial charge >= 0.3 is 0 Å². The van der Waals surface area contributed by atoms with Crippen LogP contribution in [0.15, 0.2) is 59.6 Å². The molecule has 2 aromatic rings. The highest BCUT2D eigenvalue weighted by Gasteiger charge is 2.32. The molecule has 0 radical (unpaired) electrons. The number of hydrogen-bond acceptors (Lipinski definition) is 6. The Bertz CT molecular complexity index is 948. The van der Waals surface area contributed by atoms with E-state index in [9.17, 15) is 4.79 Å². The summed E-state index contributed by atoms with van der Waals surface area (Å²) in [4.78, 5) is 23.4. The first kappa shape index (κ1) is 16.1. The summed E-state index contributed by atoms with van der Waals surface area (Å²) in [5.41, 5.74) is 2.47. The summed E-state index contributed by atoms with van der Waals surface area (Å²) < 4.78 is 6.06. The number of hydrogen-bond donors (Lipinski definition) is 1. The molecule has 1 fully saturated rings. The maximum Gasteiger partial charge on any atom is 0.191 e. The van der Waals surface area contributed by atoms with Crippen LogP contribution in [0.1, 0.15) is 28.8 Å². The van der Waals surface area contributed by atoms with Gasteiger partial charge in [0.05, 0.1) is 18.8 Å². The zero-order valence-electron chi connectivity index (χ0n) is 14.9. The highest BCUT2D eigenvalue weighted by atomic mass is 16.5. The lowest BCUT2D eigenvalue weighted by molar-refractivity contribution is 0.104. The molecule has 0 atom stereocenters. The highest BCUT2D eigenvalue weighted by molar-refractivity contribution is 6.11. The van der Waals surface area contributed by atoms with Crippen molar-refractivity contribution in [2.24, 2.45) is 10.9 Å². The Morgan fingerprint density at radius 3 is 3.04 bits per heavy atom. The second kappa shape index (κ2) is 6.54. The molecule has 1 aromatic heterocycles. The van der Waals surface area contributed by atoms with E-state index in [0.717, 1.165) is 41.8 Å². The summed E-state index contributed by atoms with van der Waals surface area (Å²) in [6.07, 6.45) is 7.35. The van der Waals surface area contributed by atoms with E-state index < -0.39 is 0 Å². The molecule has 1 N–H and O–H groups in total. The second-order valence-electron chi connectivity index (χ2n) is 7.05. The third-order valence-electron chi connectivity index (χ3n) is 5.04. The number of carbonyl (C=O) groups excluding carboxylic acids is 1. The summed E-state index contributed by atoms with van der Waals surface area (Å²) in [6, 6.07) is 9.55. The number of aliphatic imine (C=N–C) groups is 1. The van der Waals surface area contributed by atoms with E-state index >= 15 is 0 Å². The van der Waals surface area contributed by atoms with E-state index in [0.29, 0.717) is 18.0 Å². The van der Waals surface area contributed by atoms with Crippen molar-refractivity contribution in [2.75, 3.05) is 25.0 Å². The molecule has 0 saturated heterocycles. The number of ether oxygens (including phenoxy) is 1. The second-order valence-corrected chi connectivity index (χ2v) is 7.05. The van der Waals surface area contributed by atoms with Crippen LogP contribution < -0.4 is 10.1 Å². The molecule has 0 bridgehead atoms. The number of amidine groups is 1. The lowest BCUT2D eigenvalue weighted by Crippen LogP contribution is -2.36. The molecular formula is C21H20N4O2. The maximum absolute atomic E-state index is 12.7. The Hall–Kier alpha value is -3.15. The van der Waals surface area contributed by atoms with Gasteiger partial charge in [-0.05, 0) is 43.0 Å². The topological polar surface area (TPSA) is 66.8 Å². The minimum absolute atomic E-state index is 0.0864. The van der Waals surface area contributed by atoms with Crippen LogP contribution in [0.4, 0.5) is 5.69 Å². The third-order valence-corrected chi connectivity index (χ3v) is 5.04. The third kappa shape index (κ3) is 3.07. The van der Waals surface area contributed by atoms with Crippen molar-refractivity contribution < 1.29 is 9.53 Å². The minimum atomic E-state index is -0.0864. The molecular weight excluding hydrogens is 340 g/mol. The number of allylic oxidation sites excluding steroid dienone is 1. The first-order valence-corrected chi connectivity index (χ1v) is 9.31. The molecule has 0 amide bonds.